The summed E-state index contributed by atoms with van der Waals surface area (Å²) in [6.07, 6.45) is -11.2. The van der Waals surface area contributed by atoms with Crippen LogP contribution in [0.15, 0.2) is 53.6 Å². The van der Waals surface area contributed by atoms with Crippen molar-refractivity contribution in [2.75, 3.05) is 5.43 Å². The zero-order valence-electron chi connectivity index (χ0n) is 15.2. The number of benzene rings is 2. The van der Waals surface area contributed by atoms with Crippen LogP contribution in [0.2, 0.25) is 0 Å². The Morgan fingerprint density at radius 3 is 2.00 bits per heavy atom. The summed E-state index contributed by atoms with van der Waals surface area (Å²) in [4.78, 5) is 9.99. The summed E-state index contributed by atoms with van der Waals surface area (Å²) in [7, 11) is 0. The lowest BCUT2D eigenvalue weighted by atomic mass is 10.2. The van der Waals surface area contributed by atoms with Gasteiger partial charge in [0.1, 0.15) is 5.75 Å². The molecule has 12 heteroatoms. The van der Waals surface area contributed by atoms with Crippen molar-refractivity contribution in [3.63, 3.8) is 0 Å². The van der Waals surface area contributed by atoms with E-state index in [1.165, 1.54) is 24.3 Å². The van der Waals surface area contributed by atoms with Gasteiger partial charge in [-0.2, -0.15) is 27.1 Å². The summed E-state index contributed by atoms with van der Waals surface area (Å²) in [6.45, 7) is 4.00. The van der Waals surface area contributed by atoms with Crippen LogP contribution in [-0.2, 0) is 0 Å². The minimum atomic E-state index is -5.84. The van der Waals surface area contributed by atoms with Gasteiger partial charge in [0, 0.05) is 17.7 Å². The van der Waals surface area contributed by atoms with E-state index in [0.29, 0.717) is 5.56 Å². The number of amidine groups is 1. The molecule has 0 unspecified atom stereocenters. The van der Waals surface area contributed by atoms with Gasteiger partial charge < -0.3 is 10.5 Å². The molecule has 7 nitrogen and oxygen atoms in total. The second-order valence-electron chi connectivity index (χ2n) is 5.05. The number of alkyl halides is 5. The molecule has 0 heterocycles. The van der Waals surface area contributed by atoms with Crippen molar-refractivity contribution in [1.29, 1.82) is 0 Å². The minimum Gasteiger partial charge on any atom is -0.426 e. The van der Waals surface area contributed by atoms with E-state index in [1.807, 2.05) is 13.8 Å². The SMILES string of the molecule is CC.N/C(=N\Nc1ccc(OC(F)(F)C(F)(F)F)cc1)c1ccc([N+](=O)[O-])cc1. The van der Waals surface area contributed by atoms with E-state index in [1.54, 1.807) is 0 Å². The molecule has 0 radical (unpaired) electrons. The molecule has 3 N–H and O–H groups in total. The van der Waals surface area contributed by atoms with Crippen LogP contribution in [0.1, 0.15) is 19.4 Å². The Labute approximate surface area is 162 Å². The van der Waals surface area contributed by atoms with E-state index >= 15 is 0 Å². The Balaban J connectivity index is 0.00000204. The molecule has 0 atom stereocenters. The van der Waals surface area contributed by atoms with Crippen LogP contribution in [0, 0.1) is 10.1 Å². The van der Waals surface area contributed by atoms with Gasteiger partial charge in [-0.1, -0.05) is 13.8 Å². The highest BCUT2D eigenvalue weighted by Crippen LogP contribution is 2.37. The molecule has 29 heavy (non-hydrogen) atoms. The van der Waals surface area contributed by atoms with E-state index in [9.17, 15) is 32.1 Å². The fraction of sp³-hybridized carbons (Fsp3) is 0.235. The molecule has 0 aliphatic carbocycles. The zero-order chi connectivity index (χ0) is 22.2. The molecule has 0 saturated heterocycles. The first kappa shape index (κ1) is 23.6. The number of hydrogen-bond acceptors (Lipinski definition) is 5. The number of nitrogens with zero attached hydrogens (tertiary/aromatic N) is 2. The van der Waals surface area contributed by atoms with Gasteiger partial charge in [-0.3, -0.25) is 15.5 Å². The topological polar surface area (TPSA) is 103 Å². The smallest absolute Gasteiger partial charge is 0.426 e. The maximum absolute atomic E-state index is 12.8. The number of halogens is 5. The molecule has 0 amide bonds. The number of nitrogens with two attached hydrogens (primary N) is 1. The van der Waals surface area contributed by atoms with Gasteiger partial charge in [0.25, 0.3) is 5.69 Å². The van der Waals surface area contributed by atoms with Gasteiger partial charge in [-0.05, 0) is 36.4 Å². The summed E-state index contributed by atoms with van der Waals surface area (Å²) >= 11 is 0. The maximum atomic E-state index is 12.8. The molecular formula is C17H17F5N4O3. The Morgan fingerprint density at radius 1 is 1.03 bits per heavy atom. The number of hydrazone groups is 1. The molecule has 0 saturated carbocycles. The standard InChI is InChI=1S/C15H11F5N4O3.C2H6/c16-14(17,18)15(19,20)27-12-7-3-10(4-8-12)22-23-13(21)9-1-5-11(6-2-9)24(25)26;1-2/h1-8,22H,(H2,21,23);1-2H3. The Kier molecular flexibility index (Phi) is 7.86. The highest BCUT2D eigenvalue weighted by Gasteiger charge is 2.61. The number of nitro benzene ring substituents is 1. The van der Waals surface area contributed by atoms with Gasteiger partial charge in [0.15, 0.2) is 5.84 Å². The Morgan fingerprint density at radius 2 is 1.55 bits per heavy atom. The third-order valence-electron chi connectivity index (χ3n) is 3.11. The van der Waals surface area contributed by atoms with Crippen molar-refractivity contribution in [2.24, 2.45) is 10.8 Å². The minimum absolute atomic E-state index is 0.0335. The molecular weight excluding hydrogens is 403 g/mol. The molecule has 0 bridgehead atoms. The van der Waals surface area contributed by atoms with Gasteiger partial charge in [-0.25, -0.2) is 0 Å². The van der Waals surface area contributed by atoms with E-state index in [0.717, 1.165) is 24.3 Å². The van der Waals surface area contributed by atoms with E-state index < -0.39 is 23.0 Å². The summed E-state index contributed by atoms with van der Waals surface area (Å²) in [5.74, 6) is -0.732. The lowest BCUT2D eigenvalue weighted by molar-refractivity contribution is -0.384. The average Bonchev–Trinajstić information content (AvgIpc) is 2.67. The number of nitrogens with one attached hydrogen (secondary N) is 1. The normalized spacial score (nSPS) is 11.9. The van der Waals surface area contributed by atoms with Crippen molar-refractivity contribution in [2.45, 2.75) is 26.1 Å². The molecule has 0 fully saturated rings. The molecule has 2 aromatic rings. The monoisotopic (exact) mass is 420 g/mol. The lowest BCUT2D eigenvalue weighted by Crippen LogP contribution is -2.41. The second kappa shape index (κ2) is 9.66. The highest BCUT2D eigenvalue weighted by molar-refractivity contribution is 5.98. The van der Waals surface area contributed by atoms with Crippen LogP contribution in [-0.4, -0.2) is 23.0 Å². The quantitative estimate of drug-likeness (QED) is 0.228. The molecule has 158 valence electrons. The number of ether oxygens (including phenoxy) is 1. The van der Waals surface area contributed by atoms with Gasteiger partial charge in [-0.15, -0.1) is 0 Å². The predicted octanol–water partition coefficient (Wildman–Crippen LogP) is 4.89. The molecule has 0 spiro atoms. The van der Waals surface area contributed by atoms with Crippen LogP contribution >= 0.6 is 0 Å². The third-order valence-corrected chi connectivity index (χ3v) is 3.11. The largest absolute Gasteiger partial charge is 0.499 e. The first-order chi connectivity index (χ1) is 13.5. The number of non-ortho nitro benzene ring substituents is 1. The van der Waals surface area contributed by atoms with E-state index in [2.05, 4.69) is 15.3 Å². The zero-order valence-corrected chi connectivity index (χ0v) is 15.2. The second-order valence-corrected chi connectivity index (χ2v) is 5.05. The fourth-order valence-electron chi connectivity index (χ4n) is 1.75. The van der Waals surface area contributed by atoms with Crippen LogP contribution in [0.4, 0.5) is 33.3 Å². The van der Waals surface area contributed by atoms with Crippen LogP contribution in [0.5, 0.6) is 5.75 Å². The van der Waals surface area contributed by atoms with E-state index in [-0.39, 0.29) is 17.2 Å². The van der Waals surface area contributed by atoms with Crippen molar-refractivity contribution >= 4 is 17.2 Å². The average molecular weight is 420 g/mol. The van der Waals surface area contributed by atoms with Crippen molar-refractivity contribution < 1.29 is 31.6 Å². The summed E-state index contributed by atoms with van der Waals surface area (Å²) < 4.78 is 65.5. The maximum Gasteiger partial charge on any atom is 0.499 e. The molecule has 0 aromatic heterocycles. The first-order valence-corrected chi connectivity index (χ1v) is 8.07. The Bertz CT molecular complexity index is 838. The van der Waals surface area contributed by atoms with Crippen LogP contribution in [0.25, 0.3) is 0 Å². The number of anilines is 1. The first-order valence-electron chi connectivity index (χ1n) is 8.07. The van der Waals surface area contributed by atoms with Crippen molar-refractivity contribution in [3.8, 4) is 5.75 Å². The summed E-state index contributed by atoms with van der Waals surface area (Å²) in [5, 5.41) is 14.4. The summed E-state index contributed by atoms with van der Waals surface area (Å²) in [6, 6.07) is 9.26. The number of rotatable bonds is 6. The Hall–Kier alpha value is -3.44. The summed E-state index contributed by atoms with van der Waals surface area (Å²) in [5.41, 5.74) is 8.63. The van der Waals surface area contributed by atoms with Crippen molar-refractivity contribution in [3.05, 3.63) is 64.2 Å². The molecule has 0 aliphatic heterocycles. The van der Waals surface area contributed by atoms with Crippen LogP contribution in [0.3, 0.4) is 0 Å². The number of hydrogen-bond donors (Lipinski definition) is 2. The predicted molar refractivity (Wildman–Crippen MR) is 96.9 cm³/mol. The van der Waals surface area contributed by atoms with Gasteiger partial charge >= 0.3 is 12.3 Å². The lowest BCUT2D eigenvalue weighted by Gasteiger charge is -2.20. The molecule has 2 aromatic carbocycles. The third kappa shape index (κ3) is 6.59. The van der Waals surface area contributed by atoms with Gasteiger partial charge in [0.2, 0.25) is 0 Å². The van der Waals surface area contributed by atoms with Gasteiger partial charge in [0.05, 0.1) is 10.6 Å². The van der Waals surface area contributed by atoms with Crippen molar-refractivity contribution in [1.82, 2.24) is 0 Å². The molecule has 2 rings (SSSR count). The molecule has 0 aliphatic rings. The fourth-order valence-corrected chi connectivity index (χ4v) is 1.75. The highest BCUT2D eigenvalue weighted by atomic mass is 19.4. The van der Waals surface area contributed by atoms with Crippen LogP contribution < -0.4 is 15.9 Å². The number of nitro groups is 1. The van der Waals surface area contributed by atoms with E-state index in [4.69, 9.17) is 5.73 Å².